The Morgan fingerprint density at radius 1 is 1.00 bits per heavy atom. The van der Waals surface area contributed by atoms with Crippen molar-refractivity contribution >= 4 is 34.3 Å². The van der Waals surface area contributed by atoms with Gasteiger partial charge in [-0.15, -0.1) is 0 Å². The summed E-state index contributed by atoms with van der Waals surface area (Å²) in [6.07, 6.45) is 0.384. The fourth-order valence-corrected chi connectivity index (χ4v) is 2.94. The van der Waals surface area contributed by atoms with Crippen LogP contribution in [0.1, 0.15) is 34.6 Å². The van der Waals surface area contributed by atoms with E-state index in [1.165, 1.54) is 12.1 Å². The molecular weight excluding hydrogens is 376 g/mol. The molecule has 9 heteroatoms. The third kappa shape index (κ3) is 4.04. The molecule has 0 radical (unpaired) electrons. The van der Waals surface area contributed by atoms with Gasteiger partial charge in [0.1, 0.15) is 39.3 Å². The molecule has 1 heterocycles. The number of benzene rings is 2. The van der Waals surface area contributed by atoms with Crippen LogP contribution in [0.3, 0.4) is 0 Å². The highest BCUT2D eigenvalue weighted by Gasteiger charge is 2.20. The van der Waals surface area contributed by atoms with Crippen molar-refractivity contribution in [2.75, 3.05) is 19.6 Å². The lowest BCUT2D eigenvalue weighted by molar-refractivity contribution is 0.0955. The quantitative estimate of drug-likeness (QED) is 0.230. The summed E-state index contributed by atoms with van der Waals surface area (Å²) in [5.41, 5.74) is -0.0839. The van der Waals surface area contributed by atoms with Gasteiger partial charge in [-0.25, -0.2) is 9.97 Å². The minimum Gasteiger partial charge on any atom is -0.507 e. The van der Waals surface area contributed by atoms with E-state index in [-0.39, 0.29) is 38.9 Å². The van der Waals surface area contributed by atoms with Crippen LogP contribution in [0.25, 0.3) is 22.1 Å². The van der Waals surface area contributed by atoms with Crippen molar-refractivity contribution in [2.45, 2.75) is 13.8 Å². The van der Waals surface area contributed by atoms with Crippen LogP contribution in [0.15, 0.2) is 18.2 Å². The van der Waals surface area contributed by atoms with Gasteiger partial charge in [0, 0.05) is 19.2 Å². The Labute approximate surface area is 166 Å². The Morgan fingerprint density at radius 3 is 2.38 bits per heavy atom. The van der Waals surface area contributed by atoms with Gasteiger partial charge in [-0.2, -0.15) is 0 Å². The summed E-state index contributed by atoms with van der Waals surface area (Å²) in [5, 5.41) is 36.1. The summed E-state index contributed by atoms with van der Waals surface area (Å²) >= 11 is 0. The fraction of sp³-hybridized carbons (Fsp3) is 0.300. The van der Waals surface area contributed by atoms with E-state index < -0.39 is 17.4 Å². The molecule has 5 N–H and O–H groups in total. The molecule has 0 atom stereocenters. The van der Waals surface area contributed by atoms with Crippen LogP contribution in [0.5, 0.6) is 17.2 Å². The smallest absolute Gasteiger partial charge is 0.253 e. The summed E-state index contributed by atoms with van der Waals surface area (Å²) < 4.78 is 0. The number of aldehydes is 1. The largest absolute Gasteiger partial charge is 0.507 e. The first-order valence-electron chi connectivity index (χ1n) is 9.16. The van der Waals surface area contributed by atoms with Gasteiger partial charge in [0.15, 0.2) is 6.29 Å². The van der Waals surface area contributed by atoms with Gasteiger partial charge >= 0.3 is 0 Å². The van der Waals surface area contributed by atoms with E-state index >= 15 is 0 Å². The first-order valence-corrected chi connectivity index (χ1v) is 9.16. The van der Waals surface area contributed by atoms with E-state index in [1.807, 2.05) is 0 Å². The van der Waals surface area contributed by atoms with Crippen LogP contribution in [-0.4, -0.2) is 57.1 Å². The number of phenolic OH excluding ortho intramolecular Hbond substituents is 3. The van der Waals surface area contributed by atoms with Crippen molar-refractivity contribution in [3.63, 3.8) is 0 Å². The highest BCUT2D eigenvalue weighted by atomic mass is 16.3. The molecule has 0 spiro atoms. The van der Waals surface area contributed by atoms with Crippen LogP contribution in [0.2, 0.25) is 0 Å². The van der Waals surface area contributed by atoms with E-state index in [2.05, 4.69) is 34.4 Å². The van der Waals surface area contributed by atoms with Gasteiger partial charge in [-0.3, -0.25) is 9.59 Å². The van der Waals surface area contributed by atoms with E-state index in [0.29, 0.717) is 25.3 Å². The van der Waals surface area contributed by atoms with Crippen LogP contribution in [-0.2, 0) is 0 Å². The van der Waals surface area contributed by atoms with Crippen LogP contribution in [0, 0.1) is 5.92 Å². The van der Waals surface area contributed by atoms with Crippen molar-refractivity contribution in [1.82, 2.24) is 20.6 Å². The third-order valence-electron chi connectivity index (χ3n) is 4.35. The van der Waals surface area contributed by atoms with Crippen molar-refractivity contribution in [3.8, 4) is 17.2 Å². The van der Waals surface area contributed by atoms with Gasteiger partial charge < -0.3 is 26.0 Å². The van der Waals surface area contributed by atoms with Gasteiger partial charge in [-0.05, 0) is 24.6 Å². The molecule has 1 amide bonds. The molecule has 0 saturated heterocycles. The lowest BCUT2D eigenvalue weighted by Gasteiger charge is -2.12. The maximum Gasteiger partial charge on any atom is 0.253 e. The molecule has 2 aromatic carbocycles. The predicted octanol–water partition coefficient (Wildman–Crippen LogP) is 1.69. The molecule has 0 saturated carbocycles. The van der Waals surface area contributed by atoms with Gasteiger partial charge in [0.05, 0.1) is 11.1 Å². The number of carbonyl (C=O) groups excluding carboxylic acids is 2. The zero-order valence-electron chi connectivity index (χ0n) is 16.1. The molecule has 0 bridgehead atoms. The summed E-state index contributed by atoms with van der Waals surface area (Å²) in [7, 11) is 0. The number of aromatic hydroxyl groups is 3. The van der Waals surface area contributed by atoms with Gasteiger partial charge in [-0.1, -0.05) is 13.8 Å². The molecule has 29 heavy (non-hydrogen) atoms. The zero-order chi connectivity index (χ0) is 21.1. The molecule has 0 unspecified atom stereocenters. The molecule has 3 rings (SSSR count). The Kier molecular flexibility index (Phi) is 5.79. The second-order valence-electron chi connectivity index (χ2n) is 7.05. The third-order valence-corrected chi connectivity index (χ3v) is 4.35. The summed E-state index contributed by atoms with van der Waals surface area (Å²) in [6, 6.07) is 3.70. The minimum atomic E-state index is -0.457. The molecular formula is C20H22N4O5. The molecule has 152 valence electrons. The Balaban J connectivity index is 2.01. The number of nitrogens with zero attached hydrogens (tertiary/aromatic N) is 2. The first-order chi connectivity index (χ1) is 13.8. The fourth-order valence-electron chi connectivity index (χ4n) is 2.94. The molecule has 0 aliphatic heterocycles. The van der Waals surface area contributed by atoms with Crippen LogP contribution >= 0.6 is 0 Å². The standard InChI is InChI=1S/C20H22N4O5/c1-10(2)8-21-5-6-22-20(29)11-3-4-13(26)18-16(11)23-19-15(28)7-14(27)12(9-25)17(19)24-18/h3-4,7,9-10,21,26-28H,5-6,8H2,1-2H3,(H,22,29). The topological polar surface area (TPSA) is 145 Å². The molecule has 1 aromatic heterocycles. The van der Waals surface area contributed by atoms with E-state index in [9.17, 15) is 24.9 Å². The number of nitrogens with one attached hydrogen (secondary N) is 2. The lowest BCUT2D eigenvalue weighted by atomic mass is 10.1. The molecule has 0 aliphatic carbocycles. The number of carbonyl (C=O) groups is 2. The first kappa shape index (κ1) is 20.3. The van der Waals surface area contributed by atoms with Crippen molar-refractivity contribution < 1.29 is 24.9 Å². The highest BCUT2D eigenvalue weighted by Crippen LogP contribution is 2.35. The monoisotopic (exact) mass is 398 g/mol. The number of hydrogen-bond acceptors (Lipinski definition) is 8. The number of rotatable bonds is 7. The number of phenols is 3. The minimum absolute atomic E-state index is 0.0174. The summed E-state index contributed by atoms with van der Waals surface area (Å²) in [5.74, 6) is -1.02. The summed E-state index contributed by atoms with van der Waals surface area (Å²) in [4.78, 5) is 32.4. The predicted molar refractivity (Wildman–Crippen MR) is 107 cm³/mol. The number of aromatic nitrogens is 2. The van der Waals surface area contributed by atoms with E-state index in [1.54, 1.807) is 0 Å². The average Bonchev–Trinajstić information content (AvgIpc) is 2.67. The Morgan fingerprint density at radius 2 is 1.69 bits per heavy atom. The van der Waals surface area contributed by atoms with E-state index in [0.717, 1.165) is 12.6 Å². The van der Waals surface area contributed by atoms with Crippen molar-refractivity contribution in [3.05, 3.63) is 29.3 Å². The maximum absolute atomic E-state index is 12.6. The number of fused-ring (bicyclic) bond motifs is 2. The van der Waals surface area contributed by atoms with E-state index in [4.69, 9.17) is 0 Å². The van der Waals surface area contributed by atoms with Crippen LogP contribution < -0.4 is 10.6 Å². The Hall–Kier alpha value is -3.46. The molecule has 0 aliphatic rings. The van der Waals surface area contributed by atoms with Crippen molar-refractivity contribution in [1.29, 1.82) is 0 Å². The summed E-state index contributed by atoms with van der Waals surface area (Å²) in [6.45, 7) is 5.99. The average molecular weight is 398 g/mol. The van der Waals surface area contributed by atoms with Gasteiger partial charge in [0.25, 0.3) is 5.91 Å². The maximum atomic E-state index is 12.6. The number of amides is 1. The highest BCUT2D eigenvalue weighted by molar-refractivity contribution is 6.09. The SMILES string of the molecule is CC(C)CNCCNC(=O)c1ccc(O)c2nc3c(C=O)c(O)cc(O)c3nc12. The molecule has 9 nitrogen and oxygen atoms in total. The van der Waals surface area contributed by atoms with Crippen LogP contribution in [0.4, 0.5) is 0 Å². The second-order valence-corrected chi connectivity index (χ2v) is 7.05. The number of hydrogen-bond donors (Lipinski definition) is 5. The second kappa shape index (κ2) is 8.27. The van der Waals surface area contributed by atoms with Gasteiger partial charge in [0.2, 0.25) is 0 Å². The lowest BCUT2D eigenvalue weighted by Crippen LogP contribution is -2.33. The molecule has 3 aromatic rings. The van der Waals surface area contributed by atoms with Crippen molar-refractivity contribution in [2.24, 2.45) is 5.92 Å². The normalized spacial score (nSPS) is 11.3. The zero-order valence-corrected chi connectivity index (χ0v) is 16.1. The molecule has 0 fully saturated rings. The Bertz CT molecular complexity index is 1100.